The van der Waals surface area contributed by atoms with Crippen LogP contribution in [-0.4, -0.2) is 14.8 Å². The zero-order chi connectivity index (χ0) is 9.50. The summed E-state index contributed by atoms with van der Waals surface area (Å²) in [4.78, 5) is -4.44. The Morgan fingerprint density at radius 1 is 0.909 bits per heavy atom. The highest BCUT2D eigenvalue weighted by Gasteiger charge is 2.67. The zero-order valence-electron chi connectivity index (χ0n) is 4.52. The summed E-state index contributed by atoms with van der Waals surface area (Å²) < 4.78 is 55.6. The number of rotatable bonds is 2. The minimum absolute atomic E-state index is 1.42. The van der Waals surface area contributed by atoms with Crippen molar-refractivity contribution in [1.82, 2.24) is 0 Å². The van der Waals surface area contributed by atoms with E-state index in [9.17, 15) is 22.0 Å². The lowest BCUT2D eigenvalue weighted by Crippen LogP contribution is -2.46. The van der Waals surface area contributed by atoms with E-state index in [0.717, 1.165) is 0 Å². The first-order chi connectivity index (χ1) is 4.50. The van der Waals surface area contributed by atoms with Gasteiger partial charge in [-0.05, 0) is 43.5 Å². The van der Waals surface area contributed by atoms with E-state index < -0.39 is 14.8 Å². The van der Waals surface area contributed by atoms with Gasteiger partial charge in [-0.25, -0.2) is 4.39 Å². The molecule has 0 aromatic carbocycles. The van der Waals surface area contributed by atoms with Crippen LogP contribution in [0.2, 0.25) is 0 Å². The lowest BCUT2D eigenvalue weighted by Gasteiger charge is -2.26. The molecule has 0 aromatic heterocycles. The van der Waals surface area contributed by atoms with Gasteiger partial charge in [-0.15, -0.1) is 0 Å². The third-order valence-electron chi connectivity index (χ3n) is 0.712. The van der Waals surface area contributed by atoms with Gasteiger partial charge in [-0.2, -0.15) is 17.6 Å². The van der Waals surface area contributed by atoms with E-state index in [1.807, 2.05) is 0 Å². The molecule has 0 bridgehead atoms. The van der Waals surface area contributed by atoms with Crippen molar-refractivity contribution in [2.24, 2.45) is 0 Å². The molecule has 1 atom stereocenters. The quantitative estimate of drug-likeness (QED) is 0.534. The van der Waals surface area contributed by atoms with Gasteiger partial charge in [0.25, 0.3) is 0 Å². The van der Waals surface area contributed by atoms with Gasteiger partial charge in [0.1, 0.15) is 0 Å². The van der Waals surface area contributed by atoms with Crippen LogP contribution in [0.1, 0.15) is 0 Å². The van der Waals surface area contributed by atoms with Crippen molar-refractivity contribution < 1.29 is 22.0 Å². The summed E-state index contributed by atoms with van der Waals surface area (Å²) >= 11 is 6.94. The Hall–Kier alpha value is 0.900. The summed E-state index contributed by atoms with van der Waals surface area (Å²) in [5.41, 5.74) is 0. The fourth-order valence-corrected chi connectivity index (χ4v) is 0.643. The van der Waals surface area contributed by atoms with Crippen LogP contribution in [-0.2, 0) is 0 Å². The SMILES string of the molecule is FC(F)(Cl)C(F)(Br)C(F)(F)Br. The van der Waals surface area contributed by atoms with E-state index in [1.165, 1.54) is 31.9 Å². The van der Waals surface area contributed by atoms with Crippen molar-refractivity contribution in [3.63, 3.8) is 0 Å². The number of alkyl halides is 8. The van der Waals surface area contributed by atoms with Crippen molar-refractivity contribution in [3.8, 4) is 0 Å². The van der Waals surface area contributed by atoms with Gasteiger partial charge in [-0.1, -0.05) is 0 Å². The Morgan fingerprint density at radius 3 is 1.18 bits per heavy atom. The molecule has 0 nitrogen and oxygen atoms in total. The molecule has 0 fully saturated rings. The monoisotopic (exact) mass is 324 g/mol. The van der Waals surface area contributed by atoms with Gasteiger partial charge in [0, 0.05) is 0 Å². The Balaban J connectivity index is 4.75. The molecule has 0 saturated carbocycles. The molecule has 0 aliphatic heterocycles. The minimum Gasteiger partial charge on any atom is -0.215 e. The van der Waals surface area contributed by atoms with Crippen LogP contribution in [0.25, 0.3) is 0 Å². The molecule has 8 heteroatoms. The van der Waals surface area contributed by atoms with Crippen molar-refractivity contribution >= 4 is 43.5 Å². The summed E-state index contributed by atoms with van der Waals surface area (Å²) in [5.74, 6) is 0. The van der Waals surface area contributed by atoms with E-state index in [4.69, 9.17) is 0 Å². The molecular formula is C3Br2ClF5. The molecule has 0 N–H and O–H groups in total. The maximum atomic E-state index is 12.3. The largest absolute Gasteiger partial charge is 0.372 e. The normalized spacial score (nSPS) is 19.6. The van der Waals surface area contributed by atoms with Crippen LogP contribution < -0.4 is 0 Å². The maximum Gasteiger partial charge on any atom is 0.372 e. The van der Waals surface area contributed by atoms with Gasteiger partial charge in [0.15, 0.2) is 0 Å². The van der Waals surface area contributed by atoms with Crippen molar-refractivity contribution in [2.45, 2.75) is 14.8 Å². The third kappa shape index (κ3) is 2.42. The first kappa shape index (κ1) is 11.9. The maximum absolute atomic E-state index is 12.3. The molecule has 0 aliphatic carbocycles. The highest BCUT2D eigenvalue weighted by molar-refractivity contribution is 9.12. The molecule has 0 heterocycles. The van der Waals surface area contributed by atoms with Crippen molar-refractivity contribution in [3.05, 3.63) is 0 Å². The first-order valence-electron chi connectivity index (χ1n) is 2.01. The zero-order valence-corrected chi connectivity index (χ0v) is 8.45. The van der Waals surface area contributed by atoms with E-state index in [1.54, 1.807) is 0 Å². The second-order valence-electron chi connectivity index (χ2n) is 1.57. The molecule has 0 spiro atoms. The molecule has 0 amide bonds. The standard InChI is InChI=1S/C3Br2ClF5/c4-1(7,2(5,8)9)3(6,10)11. The van der Waals surface area contributed by atoms with Crippen LogP contribution in [0.4, 0.5) is 22.0 Å². The van der Waals surface area contributed by atoms with Gasteiger partial charge < -0.3 is 0 Å². The van der Waals surface area contributed by atoms with Gasteiger partial charge in [0.05, 0.1) is 0 Å². The molecule has 0 aliphatic rings. The second kappa shape index (κ2) is 2.99. The average Bonchev–Trinajstić information content (AvgIpc) is 1.58. The summed E-state index contributed by atoms with van der Waals surface area (Å²) in [6.45, 7) is 0. The fraction of sp³-hybridized carbons (Fsp3) is 1.00. The third-order valence-corrected chi connectivity index (χ3v) is 3.28. The molecule has 0 saturated heterocycles. The number of halogens is 8. The van der Waals surface area contributed by atoms with E-state index in [0.29, 0.717) is 0 Å². The lowest BCUT2D eigenvalue weighted by molar-refractivity contribution is -0.105. The average molecular weight is 326 g/mol. The van der Waals surface area contributed by atoms with Crippen LogP contribution in [0.5, 0.6) is 0 Å². The second-order valence-corrected chi connectivity index (χ2v) is 4.13. The van der Waals surface area contributed by atoms with E-state index in [-0.39, 0.29) is 0 Å². The topological polar surface area (TPSA) is 0 Å². The van der Waals surface area contributed by atoms with Crippen molar-refractivity contribution in [1.29, 1.82) is 0 Å². The molecule has 0 aromatic rings. The number of hydrogen-bond acceptors (Lipinski definition) is 0. The molecule has 0 radical (unpaired) electrons. The fourth-order valence-electron chi connectivity index (χ4n) is 0.161. The Kier molecular flexibility index (Phi) is 3.24. The first-order valence-corrected chi connectivity index (χ1v) is 3.98. The van der Waals surface area contributed by atoms with Crippen LogP contribution in [0.3, 0.4) is 0 Å². The molecule has 68 valence electrons. The smallest absolute Gasteiger partial charge is 0.215 e. The van der Waals surface area contributed by atoms with Crippen LogP contribution in [0, 0.1) is 0 Å². The summed E-state index contributed by atoms with van der Waals surface area (Å²) in [5, 5.41) is -4.69. The summed E-state index contributed by atoms with van der Waals surface area (Å²) in [6.07, 6.45) is 0. The van der Waals surface area contributed by atoms with Gasteiger partial charge in [0.2, 0.25) is 0 Å². The highest BCUT2D eigenvalue weighted by Crippen LogP contribution is 2.53. The predicted octanol–water partition coefficient (Wildman–Crippen LogP) is 3.87. The van der Waals surface area contributed by atoms with Crippen LogP contribution in [0.15, 0.2) is 0 Å². The Morgan fingerprint density at radius 2 is 1.18 bits per heavy atom. The molecule has 1 unspecified atom stereocenters. The van der Waals surface area contributed by atoms with Crippen LogP contribution >= 0.6 is 43.5 Å². The van der Waals surface area contributed by atoms with E-state index in [2.05, 4.69) is 11.6 Å². The summed E-state index contributed by atoms with van der Waals surface area (Å²) in [7, 11) is 0. The highest BCUT2D eigenvalue weighted by atomic mass is 79.9. The molecule has 11 heavy (non-hydrogen) atoms. The lowest BCUT2D eigenvalue weighted by atomic mass is 10.4. The number of hydrogen-bond donors (Lipinski definition) is 0. The van der Waals surface area contributed by atoms with Crippen molar-refractivity contribution in [2.75, 3.05) is 0 Å². The Bertz CT molecular complexity index is 131. The predicted molar refractivity (Wildman–Crippen MR) is 37.4 cm³/mol. The summed E-state index contributed by atoms with van der Waals surface area (Å²) in [6, 6.07) is 0. The van der Waals surface area contributed by atoms with Gasteiger partial charge in [-0.3, -0.25) is 0 Å². The van der Waals surface area contributed by atoms with Gasteiger partial charge >= 0.3 is 14.8 Å². The molecular weight excluding hydrogens is 326 g/mol. The Labute approximate surface area is 80.3 Å². The molecule has 0 rings (SSSR count). The minimum atomic E-state index is -4.69. The van der Waals surface area contributed by atoms with E-state index >= 15 is 0 Å².